The topological polar surface area (TPSA) is 80.3 Å². The Morgan fingerprint density at radius 1 is 0.612 bits per heavy atom. The molecule has 278 valence electrons. The standard InChI is InChI=1S/C11H10.C9H19NO.C9H16O2.C7H8.C4H8O.2C2H6/c1-9-5-4-7-10-6-2-3-8-11(9)10;1-5-7-8(11)10-9(3,4)6-2;1-3-4-5-9(11)7-6-8(2)10;1-7-5-3-2-4-6-7;1-3-4(2)5;2*1-2/h2-8H,1H3;5-7H2,1-4H3,(H,10,11);3-7H2,1-2H3;2-6H,1H3;3H2,1-2H3;2*1-2H3. The summed E-state index contributed by atoms with van der Waals surface area (Å²) in [5, 5.41) is 5.65. The van der Waals surface area contributed by atoms with Crippen LogP contribution < -0.4 is 5.32 Å². The predicted molar refractivity (Wildman–Crippen MR) is 215 cm³/mol. The SMILES string of the molecule is CC.CC.CCC(C)=O.CCCC(=O)NC(C)(C)CC.CCCCC(=O)CCC(C)=O.Cc1cccc2ccccc12.Cc1ccccc1. The van der Waals surface area contributed by atoms with Crippen molar-refractivity contribution in [1.29, 1.82) is 0 Å². The lowest BCUT2D eigenvalue weighted by molar-refractivity contribution is -0.123. The summed E-state index contributed by atoms with van der Waals surface area (Å²) in [7, 11) is 0. The number of aryl methyl sites for hydroxylation is 2. The number of ketones is 3. The van der Waals surface area contributed by atoms with Gasteiger partial charge in [0, 0.05) is 37.6 Å². The zero-order chi connectivity index (χ0) is 38.7. The van der Waals surface area contributed by atoms with Gasteiger partial charge in [-0.15, -0.1) is 0 Å². The van der Waals surface area contributed by atoms with E-state index in [-0.39, 0.29) is 28.8 Å². The molecule has 5 nitrogen and oxygen atoms in total. The van der Waals surface area contributed by atoms with E-state index in [1.807, 2.05) is 73.6 Å². The molecule has 5 heteroatoms. The monoisotopic (exact) mass is 680 g/mol. The predicted octanol–water partition coefficient (Wildman–Crippen LogP) is 12.4. The van der Waals surface area contributed by atoms with E-state index >= 15 is 0 Å². The van der Waals surface area contributed by atoms with Crippen molar-refractivity contribution in [3.63, 3.8) is 0 Å². The molecular weight excluding hydrogens is 606 g/mol. The number of Topliss-reactive ketones (excluding diaryl/α,β-unsaturated/α-hetero) is 3. The van der Waals surface area contributed by atoms with Crippen LogP contribution in [0.4, 0.5) is 0 Å². The summed E-state index contributed by atoms with van der Waals surface area (Å²) in [4.78, 5) is 42.3. The lowest BCUT2D eigenvalue weighted by atomic mass is 10.0. The number of carbonyl (C=O) groups excluding carboxylic acids is 4. The van der Waals surface area contributed by atoms with Crippen LogP contribution in [0.2, 0.25) is 0 Å². The molecule has 0 fully saturated rings. The van der Waals surface area contributed by atoms with Crippen molar-refractivity contribution in [1.82, 2.24) is 5.32 Å². The summed E-state index contributed by atoms with van der Waals surface area (Å²) in [6, 6.07) is 25.1. The highest BCUT2D eigenvalue weighted by molar-refractivity contribution is 5.85. The Kier molecular flexibility index (Phi) is 38.0. The molecule has 0 radical (unpaired) electrons. The molecule has 0 unspecified atom stereocenters. The van der Waals surface area contributed by atoms with Crippen molar-refractivity contribution in [2.75, 3.05) is 0 Å². The summed E-state index contributed by atoms with van der Waals surface area (Å²) >= 11 is 0. The fourth-order valence-corrected chi connectivity index (χ4v) is 3.49. The van der Waals surface area contributed by atoms with Crippen LogP contribution in [0.1, 0.15) is 152 Å². The summed E-state index contributed by atoms with van der Waals surface area (Å²) in [6.07, 6.45) is 6.71. The molecule has 0 aliphatic carbocycles. The maximum atomic E-state index is 11.1. The van der Waals surface area contributed by atoms with Crippen molar-refractivity contribution in [2.45, 2.75) is 160 Å². The minimum atomic E-state index is -0.0355. The van der Waals surface area contributed by atoms with Crippen LogP contribution in [0, 0.1) is 13.8 Å². The maximum Gasteiger partial charge on any atom is 0.220 e. The number of nitrogens with one attached hydrogen (secondary N) is 1. The van der Waals surface area contributed by atoms with Gasteiger partial charge in [0.1, 0.15) is 17.3 Å². The summed E-state index contributed by atoms with van der Waals surface area (Å²) in [5.41, 5.74) is 2.64. The van der Waals surface area contributed by atoms with Gasteiger partial charge in [-0.3, -0.25) is 9.59 Å². The van der Waals surface area contributed by atoms with Crippen molar-refractivity contribution < 1.29 is 19.2 Å². The zero-order valence-corrected chi connectivity index (χ0v) is 33.9. The van der Waals surface area contributed by atoms with Crippen molar-refractivity contribution in [2.24, 2.45) is 0 Å². The Hall–Kier alpha value is -3.60. The molecule has 0 spiro atoms. The van der Waals surface area contributed by atoms with Crippen molar-refractivity contribution in [3.8, 4) is 0 Å². The quantitative estimate of drug-likeness (QED) is 0.219. The maximum absolute atomic E-state index is 11.1. The third-order valence-corrected chi connectivity index (χ3v) is 6.85. The molecular formula is C44H73NO4. The van der Waals surface area contributed by atoms with Crippen LogP contribution in [-0.4, -0.2) is 28.8 Å². The second kappa shape index (κ2) is 35.7. The van der Waals surface area contributed by atoms with Gasteiger partial charge in [0.15, 0.2) is 0 Å². The van der Waals surface area contributed by atoms with Gasteiger partial charge in [0.05, 0.1) is 0 Å². The molecule has 0 heterocycles. The molecule has 0 saturated heterocycles. The highest BCUT2D eigenvalue weighted by Crippen LogP contribution is 2.16. The number of unbranched alkanes of at least 4 members (excludes halogenated alkanes) is 1. The zero-order valence-electron chi connectivity index (χ0n) is 33.9. The van der Waals surface area contributed by atoms with E-state index in [1.165, 1.54) is 28.8 Å². The molecule has 0 saturated carbocycles. The van der Waals surface area contributed by atoms with Crippen LogP contribution in [0.25, 0.3) is 10.8 Å². The second-order valence-electron chi connectivity index (χ2n) is 11.9. The van der Waals surface area contributed by atoms with Gasteiger partial charge >= 0.3 is 0 Å². The van der Waals surface area contributed by atoms with E-state index in [0.29, 0.717) is 32.1 Å². The summed E-state index contributed by atoms with van der Waals surface area (Å²) in [5.74, 6) is 0.751. The Labute approximate surface area is 302 Å². The first-order valence-electron chi connectivity index (χ1n) is 18.5. The van der Waals surface area contributed by atoms with Crippen molar-refractivity contribution in [3.05, 3.63) is 83.9 Å². The minimum Gasteiger partial charge on any atom is -0.351 e. The molecule has 1 N–H and O–H groups in total. The van der Waals surface area contributed by atoms with E-state index in [1.54, 1.807) is 6.92 Å². The summed E-state index contributed by atoms with van der Waals surface area (Å²) in [6.45, 7) is 27.4. The summed E-state index contributed by atoms with van der Waals surface area (Å²) < 4.78 is 0. The first kappa shape index (κ1) is 52.2. The number of amides is 1. The smallest absolute Gasteiger partial charge is 0.220 e. The molecule has 0 aromatic heterocycles. The largest absolute Gasteiger partial charge is 0.351 e. The van der Waals surface area contributed by atoms with E-state index in [4.69, 9.17) is 0 Å². The molecule has 0 aliphatic rings. The van der Waals surface area contributed by atoms with Crippen LogP contribution in [-0.2, 0) is 19.2 Å². The second-order valence-corrected chi connectivity index (χ2v) is 11.9. The van der Waals surface area contributed by atoms with E-state index < -0.39 is 0 Å². The van der Waals surface area contributed by atoms with Crippen LogP contribution in [0.5, 0.6) is 0 Å². The third kappa shape index (κ3) is 35.5. The molecule has 1 amide bonds. The van der Waals surface area contributed by atoms with Gasteiger partial charge in [0.25, 0.3) is 0 Å². The number of benzene rings is 3. The molecule has 3 aromatic rings. The first-order valence-corrected chi connectivity index (χ1v) is 18.5. The molecule has 0 atom stereocenters. The lowest BCUT2D eigenvalue weighted by Crippen LogP contribution is -2.42. The average Bonchev–Trinajstić information content (AvgIpc) is 3.10. The molecule has 0 bridgehead atoms. The highest BCUT2D eigenvalue weighted by Gasteiger charge is 2.16. The average molecular weight is 680 g/mol. The number of fused-ring (bicyclic) bond motifs is 1. The first-order chi connectivity index (χ1) is 23.2. The van der Waals surface area contributed by atoms with E-state index in [0.717, 1.165) is 25.7 Å². The minimum absolute atomic E-state index is 0.0355. The van der Waals surface area contributed by atoms with E-state index in [2.05, 4.69) is 87.6 Å². The fourth-order valence-electron chi connectivity index (χ4n) is 3.49. The number of hydrogen-bond donors (Lipinski definition) is 1. The molecule has 3 aromatic carbocycles. The van der Waals surface area contributed by atoms with Crippen LogP contribution in [0.15, 0.2) is 72.8 Å². The van der Waals surface area contributed by atoms with Gasteiger partial charge < -0.3 is 14.9 Å². The third-order valence-electron chi connectivity index (χ3n) is 6.85. The van der Waals surface area contributed by atoms with Crippen LogP contribution >= 0.6 is 0 Å². The van der Waals surface area contributed by atoms with Gasteiger partial charge in [-0.05, 0) is 77.1 Å². The number of rotatable bonds is 11. The fraction of sp³-hybridized carbons (Fsp3) is 0.545. The molecule has 0 aliphatic heterocycles. The van der Waals surface area contributed by atoms with Gasteiger partial charge in [0.2, 0.25) is 5.91 Å². The lowest BCUT2D eigenvalue weighted by Gasteiger charge is -2.24. The van der Waals surface area contributed by atoms with Crippen LogP contribution in [0.3, 0.4) is 0 Å². The highest BCUT2D eigenvalue weighted by atomic mass is 16.2. The molecule has 49 heavy (non-hydrogen) atoms. The normalized spacial score (nSPS) is 9.27. The van der Waals surface area contributed by atoms with E-state index in [9.17, 15) is 19.2 Å². The Bertz CT molecular complexity index is 1230. The Balaban J connectivity index is -0.000000257. The van der Waals surface area contributed by atoms with Gasteiger partial charge in [-0.1, -0.05) is 140 Å². The van der Waals surface area contributed by atoms with Gasteiger partial charge in [-0.2, -0.15) is 0 Å². The molecule has 3 rings (SSSR count). The van der Waals surface area contributed by atoms with Gasteiger partial charge in [-0.25, -0.2) is 0 Å². The Morgan fingerprint density at radius 3 is 1.53 bits per heavy atom. The Morgan fingerprint density at radius 2 is 1.12 bits per heavy atom. The number of hydrogen-bond acceptors (Lipinski definition) is 4. The van der Waals surface area contributed by atoms with Crippen molar-refractivity contribution >= 4 is 34.0 Å². The number of carbonyl (C=O) groups is 4.